The molecule has 2 N–H and O–H groups in total. The standard InChI is InChI=1S/C11H18N8/c1(7-18-8-5-12-6-9-18)4-13-10-2-3-11-14-16-17-19(11)15-10/h2-3,12H,1,4-9H2,(H,13,15). The van der Waals surface area contributed by atoms with Crippen molar-refractivity contribution in [1.29, 1.82) is 0 Å². The van der Waals surface area contributed by atoms with Crippen LogP contribution in [0.25, 0.3) is 5.65 Å². The topological polar surface area (TPSA) is 83.3 Å². The minimum atomic E-state index is 0.659. The van der Waals surface area contributed by atoms with Crippen molar-refractivity contribution >= 4 is 11.5 Å². The molecule has 0 unspecified atom stereocenters. The van der Waals surface area contributed by atoms with Crippen molar-refractivity contribution in [1.82, 2.24) is 35.5 Å². The summed E-state index contributed by atoms with van der Waals surface area (Å²) in [4.78, 5) is 2.48. The Morgan fingerprint density at radius 3 is 3.05 bits per heavy atom. The summed E-state index contributed by atoms with van der Waals surface area (Å²) >= 11 is 0. The first-order valence-electron chi connectivity index (χ1n) is 6.64. The fraction of sp³-hybridized carbons (Fsp3) is 0.636. The zero-order valence-corrected chi connectivity index (χ0v) is 10.8. The van der Waals surface area contributed by atoms with Crippen molar-refractivity contribution in [2.75, 3.05) is 44.6 Å². The fourth-order valence-electron chi connectivity index (χ4n) is 2.20. The van der Waals surface area contributed by atoms with Gasteiger partial charge in [0.15, 0.2) is 5.65 Å². The van der Waals surface area contributed by atoms with E-state index < -0.39 is 0 Å². The highest BCUT2D eigenvalue weighted by Gasteiger charge is 2.08. The van der Waals surface area contributed by atoms with Crippen LogP contribution in [0.2, 0.25) is 0 Å². The summed E-state index contributed by atoms with van der Waals surface area (Å²) < 4.78 is 1.43. The second-order valence-electron chi connectivity index (χ2n) is 4.62. The number of aromatic nitrogens is 5. The maximum atomic E-state index is 4.27. The Labute approximate surface area is 111 Å². The summed E-state index contributed by atoms with van der Waals surface area (Å²) in [6.45, 7) is 6.53. The first-order valence-corrected chi connectivity index (χ1v) is 6.64. The lowest BCUT2D eigenvalue weighted by Gasteiger charge is -2.27. The van der Waals surface area contributed by atoms with E-state index in [1.165, 1.54) is 4.63 Å². The Balaban J connectivity index is 1.43. The lowest BCUT2D eigenvalue weighted by molar-refractivity contribution is 0.240. The first kappa shape index (κ1) is 12.2. The van der Waals surface area contributed by atoms with Gasteiger partial charge in [0, 0.05) is 32.7 Å². The molecular formula is C11H18N8. The van der Waals surface area contributed by atoms with E-state index >= 15 is 0 Å². The van der Waals surface area contributed by atoms with Crippen LogP contribution in [0.15, 0.2) is 12.1 Å². The molecule has 0 saturated carbocycles. The van der Waals surface area contributed by atoms with Crippen LogP contribution in [-0.2, 0) is 0 Å². The molecule has 0 aromatic carbocycles. The molecule has 2 aromatic rings. The van der Waals surface area contributed by atoms with Gasteiger partial charge in [-0.1, -0.05) is 0 Å². The maximum Gasteiger partial charge on any atom is 0.200 e. The van der Waals surface area contributed by atoms with E-state index in [4.69, 9.17) is 0 Å². The number of tetrazole rings is 1. The molecule has 1 fully saturated rings. The van der Waals surface area contributed by atoms with Gasteiger partial charge in [0.2, 0.25) is 0 Å². The minimum Gasteiger partial charge on any atom is -0.369 e. The van der Waals surface area contributed by atoms with E-state index in [-0.39, 0.29) is 0 Å². The molecule has 0 spiro atoms. The number of fused-ring (bicyclic) bond motifs is 1. The number of rotatable bonds is 5. The van der Waals surface area contributed by atoms with Crippen LogP contribution in [0, 0.1) is 0 Å². The second-order valence-corrected chi connectivity index (χ2v) is 4.62. The fourth-order valence-corrected chi connectivity index (χ4v) is 2.20. The molecule has 8 nitrogen and oxygen atoms in total. The maximum absolute atomic E-state index is 4.27. The number of nitrogens with zero attached hydrogens (tertiary/aromatic N) is 6. The summed E-state index contributed by atoms with van der Waals surface area (Å²) in [7, 11) is 0. The Bertz CT molecular complexity index is 518. The van der Waals surface area contributed by atoms with Gasteiger partial charge in [-0.15, -0.1) is 14.8 Å². The van der Waals surface area contributed by atoms with Crippen molar-refractivity contribution in [3.63, 3.8) is 0 Å². The monoisotopic (exact) mass is 262 g/mol. The predicted molar refractivity (Wildman–Crippen MR) is 71.0 cm³/mol. The average Bonchev–Trinajstić information content (AvgIpc) is 2.92. The van der Waals surface area contributed by atoms with Crippen LogP contribution in [0.4, 0.5) is 5.82 Å². The Hall–Kier alpha value is -1.80. The molecule has 0 atom stereocenters. The highest BCUT2D eigenvalue weighted by Crippen LogP contribution is 2.03. The molecule has 0 bridgehead atoms. The summed E-state index contributed by atoms with van der Waals surface area (Å²) in [5, 5.41) is 22.1. The van der Waals surface area contributed by atoms with Gasteiger partial charge in [-0.05, 0) is 35.5 Å². The van der Waals surface area contributed by atoms with Gasteiger partial charge < -0.3 is 15.5 Å². The van der Waals surface area contributed by atoms with Gasteiger partial charge in [0.1, 0.15) is 5.82 Å². The lowest BCUT2D eigenvalue weighted by atomic mass is 10.3. The molecule has 19 heavy (non-hydrogen) atoms. The van der Waals surface area contributed by atoms with E-state index in [2.05, 4.69) is 36.2 Å². The highest BCUT2D eigenvalue weighted by atomic mass is 15.6. The van der Waals surface area contributed by atoms with Gasteiger partial charge in [-0.3, -0.25) is 0 Å². The molecular weight excluding hydrogens is 244 g/mol. The van der Waals surface area contributed by atoms with E-state index in [9.17, 15) is 0 Å². The van der Waals surface area contributed by atoms with Crippen LogP contribution < -0.4 is 10.6 Å². The molecule has 8 heteroatoms. The molecule has 1 saturated heterocycles. The van der Waals surface area contributed by atoms with Crippen LogP contribution in [0.1, 0.15) is 6.42 Å². The van der Waals surface area contributed by atoms with Gasteiger partial charge in [0.05, 0.1) is 0 Å². The SMILES string of the molecule is c1cc2nnnn2nc1NCCCN1CCNCC1. The third-order valence-corrected chi connectivity index (χ3v) is 3.24. The van der Waals surface area contributed by atoms with Crippen molar-refractivity contribution < 1.29 is 0 Å². The third-order valence-electron chi connectivity index (χ3n) is 3.24. The summed E-state index contributed by atoms with van der Waals surface area (Å²) in [6.07, 6.45) is 1.11. The number of nitrogens with one attached hydrogen (secondary N) is 2. The molecule has 0 amide bonds. The van der Waals surface area contributed by atoms with E-state index in [1.54, 1.807) is 0 Å². The predicted octanol–water partition coefficient (Wildman–Crippen LogP) is -0.773. The molecule has 0 aliphatic carbocycles. The first-order chi connectivity index (χ1) is 9.42. The van der Waals surface area contributed by atoms with Crippen LogP contribution in [0.3, 0.4) is 0 Å². The lowest BCUT2D eigenvalue weighted by Crippen LogP contribution is -2.44. The van der Waals surface area contributed by atoms with Crippen molar-refractivity contribution in [3.05, 3.63) is 12.1 Å². The zero-order valence-electron chi connectivity index (χ0n) is 10.8. The zero-order chi connectivity index (χ0) is 12.9. The van der Waals surface area contributed by atoms with E-state index in [0.29, 0.717) is 5.65 Å². The molecule has 0 radical (unpaired) electrons. The number of piperazine rings is 1. The van der Waals surface area contributed by atoms with Crippen LogP contribution >= 0.6 is 0 Å². The average molecular weight is 262 g/mol. The Morgan fingerprint density at radius 2 is 2.16 bits per heavy atom. The molecule has 3 heterocycles. The second kappa shape index (κ2) is 5.89. The van der Waals surface area contributed by atoms with Gasteiger partial charge in [0.25, 0.3) is 0 Å². The highest BCUT2D eigenvalue weighted by molar-refractivity contribution is 5.41. The van der Waals surface area contributed by atoms with Gasteiger partial charge in [-0.2, -0.15) is 0 Å². The number of hydrogen-bond donors (Lipinski definition) is 2. The molecule has 102 valence electrons. The van der Waals surface area contributed by atoms with Gasteiger partial charge in [-0.25, -0.2) is 0 Å². The van der Waals surface area contributed by atoms with Crippen molar-refractivity contribution in [3.8, 4) is 0 Å². The quantitative estimate of drug-likeness (QED) is 0.684. The third kappa shape index (κ3) is 3.15. The normalized spacial score (nSPS) is 16.8. The van der Waals surface area contributed by atoms with E-state index in [0.717, 1.165) is 51.5 Å². The number of hydrogen-bond acceptors (Lipinski definition) is 7. The molecule has 1 aliphatic heterocycles. The van der Waals surface area contributed by atoms with E-state index in [1.807, 2.05) is 12.1 Å². The molecule has 2 aromatic heterocycles. The minimum absolute atomic E-state index is 0.659. The van der Waals surface area contributed by atoms with Crippen LogP contribution in [0.5, 0.6) is 0 Å². The van der Waals surface area contributed by atoms with Crippen molar-refractivity contribution in [2.45, 2.75) is 6.42 Å². The Kier molecular flexibility index (Phi) is 3.80. The Morgan fingerprint density at radius 1 is 1.26 bits per heavy atom. The molecule has 3 rings (SSSR count). The summed E-state index contributed by atoms with van der Waals surface area (Å²) in [6, 6.07) is 3.75. The van der Waals surface area contributed by atoms with Crippen LogP contribution in [-0.4, -0.2) is 69.4 Å². The smallest absolute Gasteiger partial charge is 0.200 e. The largest absolute Gasteiger partial charge is 0.369 e. The molecule has 1 aliphatic rings. The van der Waals surface area contributed by atoms with Crippen molar-refractivity contribution in [2.24, 2.45) is 0 Å². The summed E-state index contributed by atoms with van der Waals surface area (Å²) in [5.74, 6) is 0.806. The van der Waals surface area contributed by atoms with Gasteiger partial charge >= 0.3 is 0 Å². The summed E-state index contributed by atoms with van der Waals surface area (Å²) in [5.41, 5.74) is 0.659. The number of anilines is 1.